The maximum Gasteiger partial charge on any atom is 0.369 e. The summed E-state index contributed by atoms with van der Waals surface area (Å²) in [6, 6.07) is 12.9. The highest BCUT2D eigenvalue weighted by molar-refractivity contribution is 7.92. The van der Waals surface area contributed by atoms with Gasteiger partial charge < -0.3 is 0 Å². The molecule has 0 spiro atoms. The van der Waals surface area contributed by atoms with Crippen LogP contribution in [0.2, 0.25) is 5.02 Å². The summed E-state index contributed by atoms with van der Waals surface area (Å²) >= 11 is 5.74. The van der Waals surface area contributed by atoms with Crippen molar-refractivity contribution in [1.29, 1.82) is 0 Å². The first-order valence-corrected chi connectivity index (χ1v) is 8.23. The zero-order chi connectivity index (χ0) is 16.4. The summed E-state index contributed by atoms with van der Waals surface area (Å²) in [5, 5.41) is -3.53. The SMILES string of the molecule is C/C(=C\C(F)(F)S(=O)(=O)c1ccccc1)c1ccc(Cl)cc1. The molecule has 0 fully saturated rings. The molecule has 0 saturated heterocycles. The van der Waals surface area contributed by atoms with Crippen LogP contribution in [-0.4, -0.2) is 13.7 Å². The summed E-state index contributed by atoms with van der Waals surface area (Å²) in [4.78, 5) is -0.417. The topological polar surface area (TPSA) is 34.1 Å². The Morgan fingerprint density at radius 2 is 1.59 bits per heavy atom. The van der Waals surface area contributed by atoms with Gasteiger partial charge >= 0.3 is 5.25 Å². The van der Waals surface area contributed by atoms with Crippen molar-refractivity contribution < 1.29 is 17.2 Å². The molecule has 6 heteroatoms. The van der Waals surface area contributed by atoms with E-state index in [0.717, 1.165) is 12.1 Å². The van der Waals surface area contributed by atoms with E-state index in [4.69, 9.17) is 11.6 Å². The second kappa shape index (κ2) is 6.18. The molecule has 2 aromatic carbocycles. The zero-order valence-corrected chi connectivity index (χ0v) is 13.2. The standard InChI is InChI=1S/C16H13ClF2O2S/c1-12(13-7-9-14(17)10-8-13)11-16(18,19)22(20,21)15-5-3-2-4-6-15/h2-11H,1H3/b12-11+. The van der Waals surface area contributed by atoms with E-state index in [1.54, 1.807) is 30.3 Å². The number of benzene rings is 2. The lowest BCUT2D eigenvalue weighted by Crippen LogP contribution is -2.26. The largest absolute Gasteiger partial charge is 0.369 e. The van der Waals surface area contributed by atoms with Gasteiger partial charge in [0, 0.05) is 11.1 Å². The first-order valence-electron chi connectivity index (χ1n) is 6.37. The third kappa shape index (κ3) is 3.36. The molecule has 0 aliphatic heterocycles. The van der Waals surface area contributed by atoms with Gasteiger partial charge in [-0.25, -0.2) is 8.42 Å². The van der Waals surface area contributed by atoms with Gasteiger partial charge in [0.15, 0.2) is 0 Å². The van der Waals surface area contributed by atoms with E-state index >= 15 is 0 Å². The molecule has 2 rings (SSSR count). The number of hydrogen-bond donors (Lipinski definition) is 0. The summed E-state index contributed by atoms with van der Waals surface area (Å²) in [7, 11) is -4.79. The molecule has 0 radical (unpaired) electrons. The zero-order valence-electron chi connectivity index (χ0n) is 11.6. The van der Waals surface area contributed by atoms with Crippen LogP contribution in [0, 0.1) is 0 Å². The number of sulfone groups is 1. The van der Waals surface area contributed by atoms with Crippen LogP contribution >= 0.6 is 11.6 Å². The highest BCUT2D eigenvalue weighted by Gasteiger charge is 2.43. The summed E-state index contributed by atoms with van der Waals surface area (Å²) in [6.07, 6.45) is 0.457. The summed E-state index contributed by atoms with van der Waals surface area (Å²) in [5.41, 5.74) is 0.633. The number of allylic oxidation sites excluding steroid dienone is 1. The maximum absolute atomic E-state index is 14.2. The van der Waals surface area contributed by atoms with Crippen LogP contribution in [0.5, 0.6) is 0 Å². The molecule has 22 heavy (non-hydrogen) atoms. The molecular formula is C16H13ClF2O2S. The van der Waals surface area contributed by atoms with Crippen molar-refractivity contribution in [2.45, 2.75) is 17.1 Å². The van der Waals surface area contributed by atoms with E-state index in [9.17, 15) is 17.2 Å². The highest BCUT2D eigenvalue weighted by atomic mass is 35.5. The van der Waals surface area contributed by atoms with Crippen LogP contribution in [0.4, 0.5) is 8.78 Å². The van der Waals surface area contributed by atoms with E-state index in [0.29, 0.717) is 16.7 Å². The van der Waals surface area contributed by atoms with Gasteiger partial charge in [-0.2, -0.15) is 8.78 Å². The highest BCUT2D eigenvalue weighted by Crippen LogP contribution is 2.33. The first kappa shape index (κ1) is 16.6. The fraction of sp³-hybridized carbons (Fsp3) is 0.125. The Labute approximate surface area is 133 Å². The fourth-order valence-corrected chi connectivity index (χ4v) is 3.17. The van der Waals surface area contributed by atoms with Crippen LogP contribution < -0.4 is 0 Å². The minimum atomic E-state index is -4.79. The molecule has 0 saturated carbocycles. The predicted molar refractivity (Wildman–Crippen MR) is 83.7 cm³/mol. The molecule has 0 unspecified atom stereocenters. The molecule has 2 aromatic rings. The normalized spacial score (nSPS) is 13.2. The summed E-state index contributed by atoms with van der Waals surface area (Å²) in [6.45, 7) is 1.43. The van der Waals surface area contributed by atoms with E-state index in [-0.39, 0.29) is 5.57 Å². The van der Waals surface area contributed by atoms with E-state index < -0.39 is 20.0 Å². The maximum atomic E-state index is 14.2. The molecule has 0 heterocycles. The van der Waals surface area contributed by atoms with Crippen LogP contribution in [-0.2, 0) is 9.84 Å². The van der Waals surface area contributed by atoms with Crippen LogP contribution in [0.25, 0.3) is 5.57 Å². The number of hydrogen-bond acceptors (Lipinski definition) is 2. The van der Waals surface area contributed by atoms with Gasteiger partial charge in [0.1, 0.15) is 0 Å². The Kier molecular flexibility index (Phi) is 4.68. The Morgan fingerprint density at radius 3 is 2.14 bits per heavy atom. The summed E-state index contributed by atoms with van der Waals surface area (Å²) in [5.74, 6) is 0. The van der Waals surface area contributed by atoms with Gasteiger partial charge in [0.05, 0.1) is 4.90 Å². The third-order valence-electron chi connectivity index (χ3n) is 3.10. The smallest absolute Gasteiger partial charge is 0.217 e. The Hall–Kier alpha value is -1.72. The molecule has 0 N–H and O–H groups in total. The molecule has 0 bridgehead atoms. The van der Waals surface area contributed by atoms with Crippen LogP contribution in [0.15, 0.2) is 65.6 Å². The van der Waals surface area contributed by atoms with Crippen LogP contribution in [0.3, 0.4) is 0 Å². The lowest BCUT2D eigenvalue weighted by molar-refractivity contribution is 0.147. The van der Waals surface area contributed by atoms with Crippen molar-refractivity contribution in [2.24, 2.45) is 0 Å². The Morgan fingerprint density at radius 1 is 1.05 bits per heavy atom. The van der Waals surface area contributed by atoms with Gasteiger partial charge in [-0.15, -0.1) is 0 Å². The van der Waals surface area contributed by atoms with E-state index in [1.807, 2.05) is 0 Å². The average Bonchev–Trinajstić information content (AvgIpc) is 2.48. The minimum Gasteiger partial charge on any atom is -0.217 e. The van der Waals surface area contributed by atoms with Gasteiger partial charge in [-0.3, -0.25) is 0 Å². The summed E-state index contributed by atoms with van der Waals surface area (Å²) < 4.78 is 52.5. The lowest BCUT2D eigenvalue weighted by atomic mass is 10.1. The van der Waals surface area contributed by atoms with E-state index in [2.05, 4.69) is 0 Å². The van der Waals surface area contributed by atoms with Crippen molar-refractivity contribution in [3.63, 3.8) is 0 Å². The molecular weight excluding hydrogens is 330 g/mol. The van der Waals surface area contributed by atoms with Crippen LogP contribution in [0.1, 0.15) is 12.5 Å². The molecule has 0 aliphatic carbocycles. The molecule has 2 nitrogen and oxygen atoms in total. The first-order chi connectivity index (χ1) is 10.2. The third-order valence-corrected chi connectivity index (χ3v) is 5.08. The molecule has 0 atom stereocenters. The second-order valence-corrected chi connectivity index (χ2v) is 7.17. The van der Waals surface area contributed by atoms with Crippen molar-refractivity contribution in [3.05, 3.63) is 71.3 Å². The predicted octanol–water partition coefficient (Wildman–Crippen LogP) is 4.81. The van der Waals surface area contributed by atoms with E-state index in [1.165, 1.54) is 19.1 Å². The monoisotopic (exact) mass is 342 g/mol. The minimum absolute atomic E-state index is 0.154. The quantitative estimate of drug-likeness (QED) is 0.799. The number of halogens is 3. The fourth-order valence-electron chi connectivity index (χ4n) is 1.88. The van der Waals surface area contributed by atoms with Gasteiger partial charge in [-0.05, 0) is 42.3 Å². The molecule has 0 amide bonds. The Balaban J connectivity index is 2.42. The van der Waals surface area contributed by atoms with Gasteiger partial charge in [0.2, 0.25) is 9.84 Å². The van der Waals surface area contributed by atoms with Crippen molar-refractivity contribution >= 4 is 27.0 Å². The van der Waals surface area contributed by atoms with Crippen molar-refractivity contribution in [1.82, 2.24) is 0 Å². The van der Waals surface area contributed by atoms with Crippen molar-refractivity contribution in [3.8, 4) is 0 Å². The molecule has 0 aliphatic rings. The number of rotatable bonds is 4. The number of alkyl halides is 2. The lowest BCUT2D eigenvalue weighted by Gasteiger charge is -2.15. The molecule has 0 aromatic heterocycles. The average molecular weight is 343 g/mol. The molecule has 116 valence electrons. The van der Waals surface area contributed by atoms with Gasteiger partial charge in [0.25, 0.3) is 0 Å². The second-order valence-electron chi connectivity index (χ2n) is 4.71. The van der Waals surface area contributed by atoms with Crippen molar-refractivity contribution in [2.75, 3.05) is 0 Å². The Bertz CT molecular complexity index is 783. The van der Waals surface area contributed by atoms with Gasteiger partial charge in [-0.1, -0.05) is 41.9 Å².